The van der Waals surface area contributed by atoms with Gasteiger partial charge in [-0.2, -0.15) is 0 Å². The zero-order chi connectivity index (χ0) is 17.2. The molecule has 1 aromatic carbocycles. The number of hydrogen-bond acceptors (Lipinski definition) is 3. The molecule has 1 aromatic rings. The van der Waals surface area contributed by atoms with E-state index in [0.29, 0.717) is 12.3 Å². The number of carbonyl (C=O) groups is 1. The van der Waals surface area contributed by atoms with Crippen molar-refractivity contribution in [2.75, 3.05) is 10.7 Å². The van der Waals surface area contributed by atoms with Crippen LogP contribution in [0, 0.1) is 5.92 Å². The number of sulfone groups is 1. The lowest BCUT2D eigenvalue weighted by molar-refractivity contribution is -0.119. The van der Waals surface area contributed by atoms with Crippen LogP contribution in [0.2, 0.25) is 0 Å². The Morgan fingerprint density at radius 1 is 1.17 bits per heavy atom. The molecule has 0 bridgehead atoms. The van der Waals surface area contributed by atoms with Gasteiger partial charge in [-0.3, -0.25) is 4.79 Å². The van der Waals surface area contributed by atoms with Gasteiger partial charge in [0.05, 0.1) is 11.8 Å². The summed E-state index contributed by atoms with van der Waals surface area (Å²) >= 11 is 0. The predicted octanol–water partition coefficient (Wildman–Crippen LogP) is 3.50. The second-order valence-corrected chi connectivity index (χ2v) is 8.76. The van der Waals surface area contributed by atoms with Crippen molar-refractivity contribution in [1.29, 1.82) is 0 Å². The van der Waals surface area contributed by atoms with E-state index in [0.717, 1.165) is 5.69 Å². The fourth-order valence-electron chi connectivity index (χ4n) is 2.71. The molecule has 0 unspecified atom stereocenters. The van der Waals surface area contributed by atoms with Gasteiger partial charge in [-0.1, -0.05) is 39.8 Å². The minimum Gasteiger partial charge on any atom is -0.304 e. The smallest absolute Gasteiger partial charge is 0.227 e. The van der Waals surface area contributed by atoms with Crippen molar-refractivity contribution in [2.24, 2.45) is 5.92 Å². The van der Waals surface area contributed by atoms with Gasteiger partial charge in [0, 0.05) is 17.5 Å². The van der Waals surface area contributed by atoms with Crippen LogP contribution in [0.5, 0.6) is 0 Å². The average Bonchev–Trinajstić information content (AvgIpc) is 2.78. The second-order valence-electron chi connectivity index (χ2n) is 6.83. The number of hydrogen-bond donors (Lipinski definition) is 0. The Hall–Kier alpha value is -1.62. The molecule has 1 aliphatic heterocycles. The van der Waals surface area contributed by atoms with Crippen LogP contribution in [0.4, 0.5) is 5.69 Å². The van der Waals surface area contributed by atoms with E-state index in [1.807, 2.05) is 38.1 Å². The highest BCUT2D eigenvalue weighted by atomic mass is 32.2. The molecule has 5 heteroatoms. The Labute approximate surface area is 139 Å². The van der Waals surface area contributed by atoms with Gasteiger partial charge in [-0.05, 0) is 35.6 Å². The molecule has 0 N–H and O–H groups in total. The third-order valence-corrected chi connectivity index (χ3v) is 5.31. The van der Waals surface area contributed by atoms with Crippen LogP contribution in [0.15, 0.2) is 35.7 Å². The van der Waals surface area contributed by atoms with Gasteiger partial charge in [0.15, 0.2) is 9.84 Å². The first-order valence-electron chi connectivity index (χ1n) is 8.02. The summed E-state index contributed by atoms with van der Waals surface area (Å²) < 4.78 is 23.5. The maximum Gasteiger partial charge on any atom is 0.227 e. The van der Waals surface area contributed by atoms with Crippen molar-refractivity contribution in [3.05, 3.63) is 41.3 Å². The van der Waals surface area contributed by atoms with Crippen LogP contribution in [0.1, 0.15) is 45.6 Å². The number of rotatable bonds is 5. The molecule has 2 rings (SSSR count). The molecule has 1 amide bonds. The fraction of sp³-hybridized carbons (Fsp3) is 0.500. The van der Waals surface area contributed by atoms with Crippen LogP contribution >= 0.6 is 0 Å². The Bertz CT molecular complexity index is 687. The van der Waals surface area contributed by atoms with Crippen molar-refractivity contribution in [3.63, 3.8) is 0 Å². The van der Waals surface area contributed by atoms with Crippen LogP contribution < -0.4 is 4.90 Å². The number of anilines is 1. The standard InChI is InChI=1S/C18H25NO3S/c1-13(2)11-18(20)19(17-9-10-23(21,22)12-17)16-7-5-15(6-8-16)14(3)4/h5-10,13-14,17H,11-12H2,1-4H3/t17-/m1/s1. The summed E-state index contributed by atoms with van der Waals surface area (Å²) in [6.45, 7) is 8.20. The van der Waals surface area contributed by atoms with Crippen molar-refractivity contribution in [1.82, 2.24) is 0 Å². The maximum absolute atomic E-state index is 12.7. The van der Waals surface area contributed by atoms with Crippen molar-refractivity contribution >= 4 is 21.4 Å². The highest BCUT2D eigenvalue weighted by Gasteiger charge is 2.31. The summed E-state index contributed by atoms with van der Waals surface area (Å²) in [5.41, 5.74) is 1.95. The Kier molecular flexibility index (Phi) is 5.30. The Balaban J connectivity index is 2.33. The van der Waals surface area contributed by atoms with Crippen LogP contribution in [-0.2, 0) is 14.6 Å². The molecule has 0 spiro atoms. The van der Waals surface area contributed by atoms with Crippen LogP contribution in [-0.4, -0.2) is 26.1 Å². The molecule has 0 saturated heterocycles. The zero-order valence-electron chi connectivity index (χ0n) is 14.2. The third kappa shape index (κ3) is 4.44. The van der Waals surface area contributed by atoms with E-state index in [1.165, 1.54) is 11.0 Å². The zero-order valence-corrected chi connectivity index (χ0v) is 15.0. The predicted molar refractivity (Wildman–Crippen MR) is 94.2 cm³/mol. The summed E-state index contributed by atoms with van der Waals surface area (Å²) in [7, 11) is -3.21. The van der Waals surface area contributed by atoms with Gasteiger partial charge < -0.3 is 4.90 Å². The van der Waals surface area contributed by atoms with E-state index < -0.39 is 15.9 Å². The third-order valence-electron chi connectivity index (χ3n) is 3.93. The lowest BCUT2D eigenvalue weighted by Crippen LogP contribution is -2.41. The molecule has 1 aliphatic rings. The molecule has 0 aromatic heterocycles. The largest absolute Gasteiger partial charge is 0.304 e. The topological polar surface area (TPSA) is 54.5 Å². The van der Waals surface area contributed by atoms with Crippen LogP contribution in [0.25, 0.3) is 0 Å². The normalized spacial score (nSPS) is 19.5. The van der Waals surface area contributed by atoms with Crippen molar-refractivity contribution in [2.45, 2.75) is 46.1 Å². The van der Waals surface area contributed by atoms with Crippen molar-refractivity contribution < 1.29 is 13.2 Å². The monoisotopic (exact) mass is 335 g/mol. The fourth-order valence-corrected chi connectivity index (χ4v) is 3.98. The van der Waals surface area contributed by atoms with Gasteiger partial charge in [0.2, 0.25) is 5.91 Å². The second kappa shape index (κ2) is 6.87. The number of nitrogens with zero attached hydrogens (tertiary/aromatic N) is 1. The SMILES string of the molecule is CC(C)CC(=O)N(c1ccc(C(C)C)cc1)[C@@H]1C=CS(=O)(=O)C1. The molecular weight excluding hydrogens is 310 g/mol. The minimum absolute atomic E-state index is 0.0379. The van der Waals surface area contributed by atoms with Crippen molar-refractivity contribution in [3.8, 4) is 0 Å². The molecule has 23 heavy (non-hydrogen) atoms. The van der Waals surface area contributed by atoms with E-state index in [2.05, 4.69) is 13.8 Å². The highest BCUT2D eigenvalue weighted by Crippen LogP contribution is 2.26. The lowest BCUT2D eigenvalue weighted by atomic mass is 10.0. The number of amides is 1. The van der Waals surface area contributed by atoms with Gasteiger partial charge in [-0.25, -0.2) is 8.42 Å². The average molecular weight is 335 g/mol. The van der Waals surface area contributed by atoms with E-state index in [-0.39, 0.29) is 17.6 Å². The van der Waals surface area contributed by atoms with Crippen LogP contribution in [0.3, 0.4) is 0 Å². The van der Waals surface area contributed by atoms with Gasteiger partial charge in [0.25, 0.3) is 0 Å². The van der Waals surface area contributed by atoms with Gasteiger partial charge in [0.1, 0.15) is 0 Å². The molecule has 126 valence electrons. The minimum atomic E-state index is -3.21. The summed E-state index contributed by atoms with van der Waals surface area (Å²) in [6, 6.07) is 7.40. The Morgan fingerprint density at radius 2 is 1.78 bits per heavy atom. The van der Waals surface area contributed by atoms with E-state index in [1.54, 1.807) is 11.0 Å². The van der Waals surface area contributed by atoms with E-state index >= 15 is 0 Å². The highest BCUT2D eigenvalue weighted by molar-refractivity contribution is 7.94. The van der Waals surface area contributed by atoms with E-state index in [4.69, 9.17) is 0 Å². The molecule has 0 aliphatic carbocycles. The molecule has 1 atom stereocenters. The number of benzene rings is 1. The first-order valence-corrected chi connectivity index (χ1v) is 9.74. The molecule has 4 nitrogen and oxygen atoms in total. The summed E-state index contributed by atoms with van der Waals surface area (Å²) in [4.78, 5) is 14.3. The number of carbonyl (C=O) groups excluding carboxylic acids is 1. The van der Waals surface area contributed by atoms with E-state index in [9.17, 15) is 13.2 Å². The van der Waals surface area contributed by atoms with Gasteiger partial charge in [-0.15, -0.1) is 0 Å². The first-order chi connectivity index (χ1) is 10.7. The quantitative estimate of drug-likeness (QED) is 0.827. The Morgan fingerprint density at radius 3 is 2.22 bits per heavy atom. The summed E-state index contributed by atoms with van der Waals surface area (Å²) in [6.07, 6.45) is 2.01. The molecule has 0 saturated carbocycles. The molecule has 0 radical (unpaired) electrons. The maximum atomic E-state index is 12.7. The lowest BCUT2D eigenvalue weighted by Gasteiger charge is -2.28. The summed E-state index contributed by atoms with van der Waals surface area (Å²) in [5, 5.41) is 1.22. The summed E-state index contributed by atoms with van der Waals surface area (Å²) in [5.74, 6) is 0.560. The molecular formula is C18H25NO3S. The first kappa shape index (κ1) is 17.7. The molecule has 1 heterocycles. The van der Waals surface area contributed by atoms with Gasteiger partial charge >= 0.3 is 0 Å². The molecule has 0 fully saturated rings.